The first-order valence-corrected chi connectivity index (χ1v) is 8.15. The van der Waals surface area contributed by atoms with Crippen molar-refractivity contribution in [1.29, 1.82) is 0 Å². The number of fused-ring (bicyclic) bond motifs is 1. The fraction of sp³-hybridized carbons (Fsp3) is 0.263. The number of phenolic OH excluding ortho intramolecular Hbond substituents is 2. The van der Waals surface area contributed by atoms with E-state index in [0.717, 1.165) is 0 Å². The Hall–Kier alpha value is -3.26. The molecule has 0 fully saturated rings. The number of hydrogen-bond donors (Lipinski definition) is 3. The van der Waals surface area contributed by atoms with E-state index in [0.29, 0.717) is 11.1 Å². The van der Waals surface area contributed by atoms with Crippen molar-refractivity contribution in [2.75, 3.05) is 0 Å². The molecule has 3 rings (SSSR count). The minimum atomic E-state index is -1.00. The Balaban J connectivity index is 1.97. The van der Waals surface area contributed by atoms with Gasteiger partial charge in [0.25, 0.3) is 0 Å². The Labute approximate surface area is 154 Å². The number of aliphatic hydroxyl groups excluding tert-OH is 1. The highest BCUT2D eigenvalue weighted by Gasteiger charge is 2.32. The van der Waals surface area contributed by atoms with Gasteiger partial charge in [-0.1, -0.05) is 6.07 Å². The average molecular weight is 374 g/mol. The topological polar surface area (TPSA) is 123 Å². The number of benzene rings is 2. The summed E-state index contributed by atoms with van der Waals surface area (Å²) in [5.74, 6) is -1.23. The van der Waals surface area contributed by atoms with Crippen LogP contribution in [0.15, 0.2) is 30.3 Å². The summed E-state index contributed by atoms with van der Waals surface area (Å²) in [6.07, 6.45) is -1.75. The van der Waals surface area contributed by atoms with E-state index in [1.165, 1.54) is 38.1 Å². The van der Waals surface area contributed by atoms with E-state index in [1.807, 2.05) is 0 Å². The standard InChI is InChI=1S/C19H18O8/c1-9(20)25-16-4-3-11(5-18(16)26-10(2)21)19-15(24)8-13-14(23)6-12(22)7-17(13)27-19/h3-7,15,19,22-24H,8H2,1-2H3/t15-,19?/m1/s1. The van der Waals surface area contributed by atoms with Gasteiger partial charge in [0.15, 0.2) is 11.5 Å². The van der Waals surface area contributed by atoms with E-state index >= 15 is 0 Å². The van der Waals surface area contributed by atoms with Crippen molar-refractivity contribution in [1.82, 2.24) is 0 Å². The van der Waals surface area contributed by atoms with Crippen molar-refractivity contribution in [3.63, 3.8) is 0 Å². The van der Waals surface area contributed by atoms with E-state index < -0.39 is 24.1 Å². The predicted molar refractivity (Wildman–Crippen MR) is 91.9 cm³/mol. The summed E-state index contributed by atoms with van der Waals surface area (Å²) >= 11 is 0. The maximum Gasteiger partial charge on any atom is 0.308 e. The molecule has 0 saturated heterocycles. The Kier molecular flexibility index (Phi) is 4.91. The number of aromatic hydroxyl groups is 2. The second-order valence-corrected chi connectivity index (χ2v) is 6.14. The van der Waals surface area contributed by atoms with Crippen LogP contribution in [-0.4, -0.2) is 33.4 Å². The number of hydrogen-bond acceptors (Lipinski definition) is 8. The lowest BCUT2D eigenvalue weighted by Crippen LogP contribution is -2.30. The van der Waals surface area contributed by atoms with E-state index in [4.69, 9.17) is 14.2 Å². The molecule has 8 heteroatoms. The second kappa shape index (κ2) is 7.16. The summed E-state index contributed by atoms with van der Waals surface area (Å²) in [5, 5.41) is 30.0. The van der Waals surface area contributed by atoms with Crippen LogP contribution in [0, 0.1) is 0 Å². The van der Waals surface area contributed by atoms with E-state index in [1.54, 1.807) is 6.07 Å². The van der Waals surface area contributed by atoms with Crippen molar-refractivity contribution in [3.05, 3.63) is 41.5 Å². The molecule has 2 aromatic carbocycles. The van der Waals surface area contributed by atoms with E-state index in [2.05, 4.69) is 0 Å². The molecule has 0 aromatic heterocycles. The number of ether oxygens (including phenoxy) is 3. The minimum Gasteiger partial charge on any atom is -0.508 e. The third-order valence-corrected chi connectivity index (χ3v) is 3.99. The summed E-state index contributed by atoms with van der Waals surface area (Å²) in [6, 6.07) is 6.94. The van der Waals surface area contributed by atoms with Gasteiger partial charge in [0.2, 0.25) is 0 Å². The summed E-state index contributed by atoms with van der Waals surface area (Å²) in [7, 11) is 0. The zero-order valence-corrected chi connectivity index (χ0v) is 14.6. The number of esters is 2. The summed E-state index contributed by atoms with van der Waals surface area (Å²) in [5.41, 5.74) is 0.844. The van der Waals surface area contributed by atoms with Gasteiger partial charge in [-0.15, -0.1) is 0 Å². The number of carbonyl (C=O) groups is 2. The molecule has 1 aliphatic rings. The van der Waals surface area contributed by atoms with Crippen LogP contribution >= 0.6 is 0 Å². The van der Waals surface area contributed by atoms with Crippen LogP contribution in [0.1, 0.15) is 31.1 Å². The number of rotatable bonds is 3. The Morgan fingerprint density at radius 1 is 1.04 bits per heavy atom. The van der Waals surface area contributed by atoms with Crippen LogP contribution < -0.4 is 14.2 Å². The zero-order valence-electron chi connectivity index (χ0n) is 14.6. The average Bonchev–Trinajstić information content (AvgIpc) is 2.56. The lowest BCUT2D eigenvalue weighted by Gasteiger charge is -2.31. The Morgan fingerprint density at radius 2 is 1.70 bits per heavy atom. The molecular weight excluding hydrogens is 356 g/mol. The fourth-order valence-electron chi connectivity index (χ4n) is 2.92. The summed E-state index contributed by atoms with van der Waals surface area (Å²) in [6.45, 7) is 2.42. The lowest BCUT2D eigenvalue weighted by molar-refractivity contribution is -0.134. The molecule has 0 spiro atoms. The van der Waals surface area contributed by atoms with Gasteiger partial charge in [-0.2, -0.15) is 0 Å². The molecule has 3 N–H and O–H groups in total. The maximum atomic E-state index is 11.3. The number of aliphatic hydroxyl groups is 1. The number of carbonyl (C=O) groups excluding carboxylic acids is 2. The first-order valence-electron chi connectivity index (χ1n) is 8.15. The smallest absolute Gasteiger partial charge is 0.308 e. The Morgan fingerprint density at radius 3 is 2.37 bits per heavy atom. The third kappa shape index (κ3) is 3.95. The maximum absolute atomic E-state index is 11.3. The van der Waals surface area contributed by atoms with Gasteiger partial charge in [-0.05, 0) is 17.7 Å². The minimum absolute atomic E-state index is 0.00977. The highest BCUT2D eigenvalue weighted by Crippen LogP contribution is 2.43. The molecule has 0 saturated carbocycles. The van der Waals surface area contributed by atoms with E-state index in [9.17, 15) is 24.9 Å². The van der Waals surface area contributed by atoms with Gasteiger partial charge < -0.3 is 29.5 Å². The molecule has 0 amide bonds. The van der Waals surface area contributed by atoms with Gasteiger partial charge >= 0.3 is 11.9 Å². The van der Waals surface area contributed by atoms with Crippen LogP contribution in [0.3, 0.4) is 0 Å². The van der Waals surface area contributed by atoms with Gasteiger partial charge in [0.05, 0.1) is 6.10 Å². The van der Waals surface area contributed by atoms with Crippen LogP contribution in [-0.2, 0) is 16.0 Å². The second-order valence-electron chi connectivity index (χ2n) is 6.14. The third-order valence-electron chi connectivity index (χ3n) is 3.99. The molecule has 0 aliphatic carbocycles. The first-order chi connectivity index (χ1) is 12.7. The van der Waals surface area contributed by atoms with Crippen molar-refractivity contribution >= 4 is 11.9 Å². The zero-order chi connectivity index (χ0) is 19.7. The first kappa shape index (κ1) is 18.5. The van der Waals surface area contributed by atoms with E-state index in [-0.39, 0.29) is 35.2 Å². The molecule has 0 bridgehead atoms. The highest BCUT2D eigenvalue weighted by molar-refractivity contribution is 5.73. The number of phenols is 2. The SMILES string of the molecule is CC(=O)Oc1ccc(C2Oc3cc(O)cc(O)c3C[C@H]2O)cc1OC(C)=O. The fourth-order valence-corrected chi connectivity index (χ4v) is 2.92. The van der Waals surface area contributed by atoms with Crippen molar-refractivity contribution < 1.29 is 39.1 Å². The molecule has 2 atom stereocenters. The molecule has 8 nitrogen and oxygen atoms in total. The molecular formula is C19H18O8. The van der Waals surface area contributed by atoms with Crippen molar-refractivity contribution in [2.24, 2.45) is 0 Å². The van der Waals surface area contributed by atoms with Gasteiger partial charge in [0.1, 0.15) is 23.4 Å². The molecule has 1 aliphatic heterocycles. The van der Waals surface area contributed by atoms with Crippen molar-refractivity contribution in [3.8, 4) is 28.7 Å². The Bertz CT molecular complexity index is 905. The molecule has 1 unspecified atom stereocenters. The molecule has 142 valence electrons. The van der Waals surface area contributed by atoms with Crippen LogP contribution in [0.5, 0.6) is 28.7 Å². The molecule has 27 heavy (non-hydrogen) atoms. The van der Waals surface area contributed by atoms with Gasteiger partial charge in [0, 0.05) is 38.0 Å². The lowest BCUT2D eigenvalue weighted by atomic mass is 9.94. The largest absolute Gasteiger partial charge is 0.508 e. The summed E-state index contributed by atoms with van der Waals surface area (Å²) in [4.78, 5) is 22.6. The van der Waals surface area contributed by atoms with Gasteiger partial charge in [-0.3, -0.25) is 9.59 Å². The van der Waals surface area contributed by atoms with Crippen LogP contribution in [0.25, 0.3) is 0 Å². The van der Waals surface area contributed by atoms with Crippen molar-refractivity contribution in [2.45, 2.75) is 32.5 Å². The normalized spacial score (nSPS) is 18.2. The quantitative estimate of drug-likeness (QED) is 0.551. The molecule has 0 radical (unpaired) electrons. The van der Waals surface area contributed by atoms with Gasteiger partial charge in [-0.25, -0.2) is 0 Å². The summed E-state index contributed by atoms with van der Waals surface area (Å²) < 4.78 is 15.9. The monoisotopic (exact) mass is 374 g/mol. The molecule has 2 aromatic rings. The predicted octanol–water partition coefficient (Wildman–Crippen LogP) is 1.99. The highest BCUT2D eigenvalue weighted by atomic mass is 16.6. The van der Waals surface area contributed by atoms with Crippen LogP contribution in [0.4, 0.5) is 0 Å². The molecule has 1 heterocycles. The van der Waals surface area contributed by atoms with Crippen LogP contribution in [0.2, 0.25) is 0 Å².